The number of aliphatic hydroxyl groups excluding tert-OH is 1. The van der Waals surface area contributed by atoms with Crippen LogP contribution in [0.5, 0.6) is 0 Å². The van der Waals surface area contributed by atoms with Crippen LogP contribution in [0, 0.1) is 0 Å². The third kappa shape index (κ3) is 12.5. The highest BCUT2D eigenvalue weighted by atomic mass is 35.5. The van der Waals surface area contributed by atoms with Gasteiger partial charge >= 0.3 is 7.12 Å². The van der Waals surface area contributed by atoms with Crippen molar-refractivity contribution in [1.29, 1.82) is 0 Å². The minimum atomic E-state index is -1.82. The summed E-state index contributed by atoms with van der Waals surface area (Å²) in [5.74, 6) is -4.79. The number of carbonyl (C=O) groups is 5. The molecule has 0 aliphatic heterocycles. The summed E-state index contributed by atoms with van der Waals surface area (Å²) in [6.07, 6.45) is -0.176. The number of halogens is 1. The van der Waals surface area contributed by atoms with Gasteiger partial charge in [0.2, 0.25) is 23.6 Å². The summed E-state index contributed by atoms with van der Waals surface area (Å²) in [6.45, 7) is 3.99. The number of nitrogens with one attached hydrogen (secondary N) is 5. The Morgan fingerprint density at radius 1 is 0.729 bits per heavy atom. The van der Waals surface area contributed by atoms with Crippen molar-refractivity contribution in [3.05, 3.63) is 59.1 Å². The maximum Gasteiger partial charge on any atom is 0.475 e. The molecule has 2 aromatic carbocycles. The lowest BCUT2D eigenvalue weighted by molar-refractivity contribution is -0.135. The topological polar surface area (TPSA) is 258 Å². The molecule has 0 saturated heterocycles. The van der Waals surface area contributed by atoms with E-state index in [1.165, 1.54) is 20.8 Å². The summed E-state index contributed by atoms with van der Waals surface area (Å²) in [5, 5.41) is 41.7. The number of benzene rings is 2. The maximum atomic E-state index is 13.1. The molecule has 0 aliphatic carbocycles. The van der Waals surface area contributed by atoms with E-state index < -0.39 is 72.9 Å². The third-order valence-electron chi connectivity index (χ3n) is 7.39. The van der Waals surface area contributed by atoms with Crippen LogP contribution < -0.4 is 38.1 Å². The standard InChI is InChI=1S/C31H45BClN7O8/c1-17(27(42)38-24(6-4-5-15-34)29(44)37-19(3)32(47)48)36-31(46)26(18(2)41)40-30(45)25(16-35)39-28(43)22-9-7-20(8-10-22)21-11-13-23(33)14-12-21/h7-14,17-19,24-26,41,47-48H,4-6,15-16,34-35H2,1-3H3,(H,36,46)(H,37,44)(H,38,42)(H,39,43)(H,40,45)/t17-,18+,19-,24-,25-,26-/m0/s1. The van der Waals surface area contributed by atoms with Gasteiger partial charge in [-0.3, -0.25) is 24.0 Å². The largest absolute Gasteiger partial charge is 0.475 e. The van der Waals surface area contributed by atoms with E-state index in [4.69, 9.17) is 23.1 Å². The average Bonchev–Trinajstić information content (AvgIpc) is 3.05. The summed E-state index contributed by atoms with van der Waals surface area (Å²) in [6, 6.07) is 8.68. The van der Waals surface area contributed by atoms with Gasteiger partial charge in [-0.15, -0.1) is 0 Å². The van der Waals surface area contributed by atoms with E-state index in [1.54, 1.807) is 36.4 Å². The molecule has 0 aromatic heterocycles. The Morgan fingerprint density at radius 2 is 1.29 bits per heavy atom. The van der Waals surface area contributed by atoms with Gasteiger partial charge in [0.1, 0.15) is 24.2 Å². The predicted octanol–water partition coefficient (Wildman–Crippen LogP) is -1.44. The van der Waals surface area contributed by atoms with Crippen LogP contribution in [0.3, 0.4) is 0 Å². The second-order valence-corrected chi connectivity index (χ2v) is 11.8. The van der Waals surface area contributed by atoms with E-state index >= 15 is 0 Å². The molecule has 0 fully saturated rings. The van der Waals surface area contributed by atoms with Gasteiger partial charge in [0, 0.05) is 17.1 Å². The number of unbranched alkanes of at least 4 members (excludes halogenated alkanes) is 1. The number of aliphatic hydroxyl groups is 1. The van der Waals surface area contributed by atoms with Crippen molar-refractivity contribution in [1.82, 2.24) is 26.6 Å². The van der Waals surface area contributed by atoms with Crippen molar-refractivity contribution in [2.45, 2.75) is 76.2 Å². The van der Waals surface area contributed by atoms with Crippen LogP contribution in [0.25, 0.3) is 11.1 Å². The fraction of sp³-hybridized carbons (Fsp3) is 0.452. The van der Waals surface area contributed by atoms with E-state index in [9.17, 15) is 39.1 Å². The highest BCUT2D eigenvalue weighted by Gasteiger charge is 2.32. The van der Waals surface area contributed by atoms with Gasteiger partial charge in [0.05, 0.1) is 12.0 Å². The average molecular weight is 690 g/mol. The number of hydrogen-bond donors (Lipinski definition) is 10. The molecule has 5 amide bonds. The first kappa shape index (κ1) is 40.1. The molecule has 2 rings (SSSR count). The van der Waals surface area contributed by atoms with Gasteiger partial charge in [-0.1, -0.05) is 35.9 Å². The molecule has 12 N–H and O–H groups in total. The number of hydrogen-bond acceptors (Lipinski definition) is 10. The van der Waals surface area contributed by atoms with E-state index in [2.05, 4.69) is 26.6 Å². The zero-order valence-corrected chi connectivity index (χ0v) is 27.9. The highest BCUT2D eigenvalue weighted by Crippen LogP contribution is 2.22. The second kappa shape index (κ2) is 19.7. The molecule has 0 heterocycles. The van der Waals surface area contributed by atoms with Crippen LogP contribution in [0.15, 0.2) is 48.5 Å². The fourth-order valence-electron chi connectivity index (χ4n) is 4.42. The lowest BCUT2D eigenvalue weighted by Crippen LogP contribution is -2.61. The predicted molar refractivity (Wildman–Crippen MR) is 181 cm³/mol. The van der Waals surface area contributed by atoms with E-state index in [0.29, 0.717) is 24.4 Å². The van der Waals surface area contributed by atoms with Gasteiger partial charge < -0.3 is 53.2 Å². The molecular formula is C31H45BClN7O8. The van der Waals surface area contributed by atoms with Crippen molar-refractivity contribution in [3.8, 4) is 11.1 Å². The summed E-state index contributed by atoms with van der Waals surface area (Å²) in [7, 11) is -1.82. The minimum absolute atomic E-state index is 0.189. The number of nitrogens with two attached hydrogens (primary N) is 2. The molecule has 48 heavy (non-hydrogen) atoms. The van der Waals surface area contributed by atoms with Crippen molar-refractivity contribution < 1.29 is 39.1 Å². The summed E-state index contributed by atoms with van der Waals surface area (Å²) < 4.78 is 0. The smallest absolute Gasteiger partial charge is 0.426 e. The second-order valence-electron chi connectivity index (χ2n) is 11.4. The molecule has 0 aliphatic rings. The van der Waals surface area contributed by atoms with Crippen LogP contribution >= 0.6 is 11.6 Å². The van der Waals surface area contributed by atoms with Gasteiger partial charge in [0.25, 0.3) is 5.91 Å². The van der Waals surface area contributed by atoms with Gasteiger partial charge in [-0.05, 0) is 82.0 Å². The van der Waals surface area contributed by atoms with Crippen LogP contribution in [0.1, 0.15) is 50.4 Å². The Bertz CT molecular complexity index is 1380. The Labute approximate surface area is 284 Å². The molecule has 0 radical (unpaired) electrons. The fourth-order valence-corrected chi connectivity index (χ4v) is 4.54. The minimum Gasteiger partial charge on any atom is -0.426 e. The molecule has 0 spiro atoms. The molecule has 15 nitrogen and oxygen atoms in total. The molecule has 17 heteroatoms. The molecule has 2 aromatic rings. The first-order valence-corrected chi connectivity index (χ1v) is 15.9. The lowest BCUT2D eigenvalue weighted by atomic mass is 9.81. The molecular weight excluding hydrogens is 645 g/mol. The normalized spacial score (nSPS) is 14.7. The molecule has 6 atom stereocenters. The highest BCUT2D eigenvalue weighted by molar-refractivity contribution is 6.43. The van der Waals surface area contributed by atoms with Crippen molar-refractivity contribution in [3.63, 3.8) is 0 Å². The SMILES string of the molecule is C[C@H](NC(=O)[C@H](CCCCN)NC(=O)[C@H](C)NC(=O)[C@@H](NC(=O)[C@H](CN)NC(=O)c1ccc(-c2ccc(Cl)cc2)cc1)[C@@H](C)O)B(O)O. The molecule has 0 unspecified atom stereocenters. The van der Waals surface area contributed by atoms with E-state index in [0.717, 1.165) is 11.1 Å². The van der Waals surface area contributed by atoms with Crippen LogP contribution in [-0.2, 0) is 19.2 Å². The lowest BCUT2D eigenvalue weighted by Gasteiger charge is -2.26. The van der Waals surface area contributed by atoms with E-state index in [1.807, 2.05) is 12.1 Å². The van der Waals surface area contributed by atoms with Crippen molar-refractivity contribution >= 4 is 48.3 Å². The van der Waals surface area contributed by atoms with Crippen molar-refractivity contribution in [2.24, 2.45) is 11.5 Å². The zero-order chi connectivity index (χ0) is 36.0. The summed E-state index contributed by atoms with van der Waals surface area (Å²) in [5.41, 5.74) is 13.3. The Kier molecular flexibility index (Phi) is 16.5. The van der Waals surface area contributed by atoms with Gasteiger partial charge in [-0.25, -0.2) is 0 Å². The number of carbonyl (C=O) groups excluding carboxylic acids is 5. The van der Waals surface area contributed by atoms with Crippen LogP contribution in [0.2, 0.25) is 5.02 Å². The van der Waals surface area contributed by atoms with Crippen LogP contribution in [-0.4, -0.2) is 101 Å². The van der Waals surface area contributed by atoms with E-state index in [-0.39, 0.29) is 18.5 Å². The summed E-state index contributed by atoms with van der Waals surface area (Å²) >= 11 is 5.94. The molecule has 0 bridgehead atoms. The van der Waals surface area contributed by atoms with Crippen molar-refractivity contribution in [2.75, 3.05) is 13.1 Å². The first-order chi connectivity index (χ1) is 22.7. The zero-order valence-electron chi connectivity index (χ0n) is 27.1. The first-order valence-electron chi connectivity index (χ1n) is 15.5. The Balaban J connectivity index is 2.03. The Hall–Kier alpha value is -4.06. The monoisotopic (exact) mass is 689 g/mol. The van der Waals surface area contributed by atoms with Gasteiger partial charge in [0.15, 0.2) is 0 Å². The quantitative estimate of drug-likeness (QED) is 0.0644. The molecule has 0 saturated carbocycles. The Morgan fingerprint density at radius 3 is 1.81 bits per heavy atom. The number of amides is 5. The number of rotatable bonds is 18. The summed E-state index contributed by atoms with van der Waals surface area (Å²) in [4.78, 5) is 64.7. The van der Waals surface area contributed by atoms with Gasteiger partial charge in [-0.2, -0.15) is 0 Å². The molecule has 262 valence electrons. The van der Waals surface area contributed by atoms with Crippen LogP contribution in [0.4, 0.5) is 0 Å². The maximum absolute atomic E-state index is 13.1. The third-order valence-corrected chi connectivity index (χ3v) is 7.65.